The minimum Gasteiger partial charge on any atom is -0.493 e. The lowest BCUT2D eigenvalue weighted by Gasteiger charge is -2.11. The first-order valence-corrected chi connectivity index (χ1v) is 9.10. The van der Waals surface area contributed by atoms with E-state index in [1.54, 1.807) is 19.2 Å². The first kappa shape index (κ1) is 18.0. The smallest absolute Gasteiger partial charge is 0.287 e. The van der Waals surface area contributed by atoms with Gasteiger partial charge in [-0.05, 0) is 35.9 Å². The predicted molar refractivity (Wildman–Crippen MR) is 103 cm³/mol. The van der Waals surface area contributed by atoms with Crippen LogP contribution in [0.2, 0.25) is 0 Å². The Labute approximate surface area is 163 Å². The molecule has 0 spiro atoms. The third-order valence-electron chi connectivity index (χ3n) is 4.53. The summed E-state index contributed by atoms with van der Waals surface area (Å²) < 4.78 is 22.4. The van der Waals surface area contributed by atoms with Crippen LogP contribution in [0, 0.1) is 0 Å². The molecule has 2 heterocycles. The lowest BCUT2D eigenvalue weighted by Crippen LogP contribution is -2.34. The van der Waals surface area contributed by atoms with E-state index in [1.807, 2.05) is 48.5 Å². The van der Waals surface area contributed by atoms with Crippen LogP contribution in [0.25, 0.3) is 0 Å². The van der Waals surface area contributed by atoms with Gasteiger partial charge in [0.05, 0.1) is 13.7 Å². The van der Waals surface area contributed by atoms with E-state index in [9.17, 15) is 4.79 Å². The van der Waals surface area contributed by atoms with Gasteiger partial charge in [-0.3, -0.25) is 4.79 Å². The number of nitrogens with one attached hydrogen (secondary N) is 1. The molecule has 4 rings (SSSR count). The summed E-state index contributed by atoms with van der Waals surface area (Å²) in [6, 6.07) is 18.6. The van der Waals surface area contributed by atoms with Crippen LogP contribution in [0.4, 0.5) is 0 Å². The van der Waals surface area contributed by atoms with E-state index in [-0.39, 0.29) is 24.4 Å². The molecule has 28 heavy (non-hydrogen) atoms. The molecule has 1 N–H and O–H groups in total. The number of hydrogen-bond acceptors (Lipinski definition) is 5. The van der Waals surface area contributed by atoms with Crippen molar-refractivity contribution in [1.82, 2.24) is 5.32 Å². The van der Waals surface area contributed by atoms with Crippen molar-refractivity contribution in [1.29, 1.82) is 0 Å². The van der Waals surface area contributed by atoms with Crippen LogP contribution in [-0.2, 0) is 13.0 Å². The van der Waals surface area contributed by atoms with Crippen molar-refractivity contribution in [3.05, 3.63) is 77.7 Å². The van der Waals surface area contributed by atoms with Crippen molar-refractivity contribution in [2.45, 2.75) is 19.1 Å². The van der Waals surface area contributed by atoms with Gasteiger partial charge in [-0.25, -0.2) is 0 Å². The van der Waals surface area contributed by atoms with Gasteiger partial charge in [0.25, 0.3) is 5.91 Å². The molecule has 2 aromatic carbocycles. The van der Waals surface area contributed by atoms with Crippen molar-refractivity contribution < 1.29 is 23.4 Å². The molecule has 0 aliphatic carbocycles. The maximum atomic E-state index is 12.3. The molecular formula is C22H21NO5. The molecule has 1 aliphatic rings. The summed E-state index contributed by atoms with van der Waals surface area (Å²) >= 11 is 0. The number of carbonyl (C=O) groups excluding carboxylic acids is 1. The van der Waals surface area contributed by atoms with Gasteiger partial charge in [-0.15, -0.1) is 0 Å². The largest absolute Gasteiger partial charge is 0.493 e. The third-order valence-corrected chi connectivity index (χ3v) is 4.53. The zero-order valence-electron chi connectivity index (χ0n) is 15.5. The van der Waals surface area contributed by atoms with Crippen LogP contribution < -0.4 is 19.5 Å². The molecule has 0 unspecified atom stereocenters. The highest BCUT2D eigenvalue weighted by Gasteiger charge is 2.23. The van der Waals surface area contributed by atoms with Gasteiger partial charge in [0.2, 0.25) is 0 Å². The minimum absolute atomic E-state index is 0.0651. The van der Waals surface area contributed by atoms with Crippen LogP contribution in [0.15, 0.2) is 65.1 Å². The summed E-state index contributed by atoms with van der Waals surface area (Å²) in [6.45, 7) is 0.621. The molecule has 1 atom stereocenters. The van der Waals surface area contributed by atoms with Gasteiger partial charge >= 0.3 is 0 Å². The molecule has 3 aromatic rings. The van der Waals surface area contributed by atoms with Crippen molar-refractivity contribution in [3.63, 3.8) is 0 Å². The molecule has 1 aromatic heterocycles. The van der Waals surface area contributed by atoms with Gasteiger partial charge in [0.1, 0.15) is 24.2 Å². The second-order valence-corrected chi connectivity index (χ2v) is 6.47. The zero-order valence-corrected chi connectivity index (χ0v) is 15.5. The first-order valence-electron chi connectivity index (χ1n) is 9.10. The van der Waals surface area contributed by atoms with E-state index in [0.29, 0.717) is 23.8 Å². The molecule has 144 valence electrons. The summed E-state index contributed by atoms with van der Waals surface area (Å²) in [5.41, 5.74) is 1.16. The second-order valence-electron chi connectivity index (χ2n) is 6.47. The fraction of sp³-hybridized carbons (Fsp3) is 0.227. The van der Waals surface area contributed by atoms with Gasteiger partial charge < -0.3 is 23.9 Å². The highest BCUT2D eigenvalue weighted by atomic mass is 16.5. The number of hydrogen-bond donors (Lipinski definition) is 1. The predicted octanol–water partition coefficient (Wildman–Crippen LogP) is 3.60. The number of benzene rings is 2. The molecular weight excluding hydrogens is 358 g/mol. The molecule has 6 nitrogen and oxygen atoms in total. The van der Waals surface area contributed by atoms with E-state index >= 15 is 0 Å². The van der Waals surface area contributed by atoms with Crippen molar-refractivity contribution >= 4 is 5.91 Å². The summed E-state index contributed by atoms with van der Waals surface area (Å²) in [5, 5.41) is 2.86. The Kier molecular flexibility index (Phi) is 5.19. The number of furan rings is 1. The third kappa shape index (κ3) is 3.96. The number of methoxy groups -OCH3 is 1. The molecule has 0 radical (unpaired) electrons. The number of fused-ring (bicyclic) bond motifs is 1. The lowest BCUT2D eigenvalue weighted by atomic mass is 10.1. The number of ether oxygens (including phenoxy) is 3. The van der Waals surface area contributed by atoms with Gasteiger partial charge in [0, 0.05) is 6.42 Å². The molecule has 0 bridgehead atoms. The van der Waals surface area contributed by atoms with Crippen LogP contribution >= 0.6 is 0 Å². The summed E-state index contributed by atoms with van der Waals surface area (Å²) in [5.74, 6) is 2.67. The van der Waals surface area contributed by atoms with E-state index in [4.69, 9.17) is 18.6 Å². The Bertz CT molecular complexity index is 940. The first-order chi connectivity index (χ1) is 13.7. The monoisotopic (exact) mass is 379 g/mol. The zero-order chi connectivity index (χ0) is 19.3. The van der Waals surface area contributed by atoms with Crippen LogP contribution in [0.3, 0.4) is 0 Å². The number of rotatable bonds is 7. The number of carbonyl (C=O) groups is 1. The minimum atomic E-state index is -0.275. The van der Waals surface area contributed by atoms with Crippen molar-refractivity contribution in [2.24, 2.45) is 0 Å². The van der Waals surface area contributed by atoms with Gasteiger partial charge in [-0.1, -0.05) is 30.3 Å². The molecule has 0 saturated heterocycles. The van der Waals surface area contributed by atoms with Crippen LogP contribution in [0.5, 0.6) is 17.2 Å². The maximum Gasteiger partial charge on any atom is 0.287 e. The second kappa shape index (κ2) is 8.08. The van der Waals surface area contributed by atoms with E-state index in [0.717, 1.165) is 17.7 Å². The van der Waals surface area contributed by atoms with E-state index < -0.39 is 0 Å². The standard InChI is InChI=1S/C22H21NO5/c1-25-19-8-4-5-9-20(19)26-14-16-10-11-21(27-16)22(24)23-13-17-12-15-6-2-3-7-18(15)28-17/h2-11,17H,12-14H2,1H3,(H,23,24)/t17-/m1/s1. The van der Waals surface area contributed by atoms with Gasteiger partial charge in [-0.2, -0.15) is 0 Å². The Morgan fingerprint density at radius 2 is 1.86 bits per heavy atom. The fourth-order valence-corrected chi connectivity index (χ4v) is 3.13. The number of amides is 1. The number of para-hydroxylation sites is 3. The average Bonchev–Trinajstić information content (AvgIpc) is 3.37. The average molecular weight is 379 g/mol. The Hall–Kier alpha value is -3.41. The van der Waals surface area contributed by atoms with Crippen molar-refractivity contribution in [3.8, 4) is 17.2 Å². The van der Waals surface area contributed by atoms with E-state index in [2.05, 4.69) is 5.32 Å². The van der Waals surface area contributed by atoms with E-state index in [1.165, 1.54) is 0 Å². The molecule has 0 fully saturated rings. The molecule has 1 aliphatic heterocycles. The quantitative estimate of drug-likeness (QED) is 0.679. The van der Waals surface area contributed by atoms with Crippen LogP contribution in [-0.4, -0.2) is 25.7 Å². The summed E-state index contributed by atoms with van der Waals surface area (Å²) in [4.78, 5) is 12.3. The molecule has 0 saturated carbocycles. The highest BCUT2D eigenvalue weighted by Crippen LogP contribution is 2.28. The summed E-state index contributed by atoms with van der Waals surface area (Å²) in [6.07, 6.45) is 0.719. The summed E-state index contributed by atoms with van der Waals surface area (Å²) in [7, 11) is 1.59. The Morgan fingerprint density at radius 3 is 2.68 bits per heavy atom. The Balaban J connectivity index is 1.29. The normalized spacial score (nSPS) is 14.8. The van der Waals surface area contributed by atoms with Crippen molar-refractivity contribution in [2.75, 3.05) is 13.7 Å². The SMILES string of the molecule is COc1ccccc1OCc1ccc(C(=O)NC[C@H]2Cc3ccccc3O2)o1. The van der Waals surface area contributed by atoms with Crippen LogP contribution in [0.1, 0.15) is 21.9 Å². The topological polar surface area (TPSA) is 69.9 Å². The molecule has 6 heteroatoms. The fourth-order valence-electron chi connectivity index (χ4n) is 3.13. The Morgan fingerprint density at radius 1 is 1.07 bits per heavy atom. The maximum absolute atomic E-state index is 12.3. The molecule has 1 amide bonds. The van der Waals surface area contributed by atoms with Gasteiger partial charge in [0.15, 0.2) is 17.3 Å². The lowest BCUT2D eigenvalue weighted by molar-refractivity contribution is 0.0901. The highest BCUT2D eigenvalue weighted by molar-refractivity contribution is 5.91.